The third-order valence-corrected chi connectivity index (χ3v) is 5.92. The number of rotatable bonds is 5. The van der Waals surface area contributed by atoms with E-state index in [9.17, 15) is 9.59 Å². The zero-order valence-electron chi connectivity index (χ0n) is 16.6. The van der Waals surface area contributed by atoms with Crippen LogP contribution >= 0.6 is 0 Å². The fourth-order valence-electron chi connectivity index (χ4n) is 4.41. The highest BCUT2D eigenvalue weighted by Crippen LogP contribution is 2.33. The summed E-state index contributed by atoms with van der Waals surface area (Å²) in [5.74, 6) is 0.901. The second-order valence-corrected chi connectivity index (χ2v) is 7.82. The lowest BCUT2D eigenvalue weighted by Crippen LogP contribution is -2.40. The van der Waals surface area contributed by atoms with Crippen LogP contribution in [0.1, 0.15) is 55.1 Å². The van der Waals surface area contributed by atoms with Crippen LogP contribution in [0.3, 0.4) is 0 Å². The maximum Gasteiger partial charge on any atom is 0.345 e. The summed E-state index contributed by atoms with van der Waals surface area (Å²) < 4.78 is 3.35. The first kappa shape index (κ1) is 18.8. The van der Waals surface area contributed by atoms with E-state index in [1.807, 2.05) is 17.0 Å². The van der Waals surface area contributed by atoms with Crippen molar-refractivity contribution in [1.29, 1.82) is 0 Å². The van der Waals surface area contributed by atoms with E-state index < -0.39 is 0 Å². The van der Waals surface area contributed by atoms with Crippen molar-refractivity contribution in [2.75, 3.05) is 13.1 Å². The van der Waals surface area contributed by atoms with Gasteiger partial charge in [-0.1, -0.05) is 24.3 Å². The SMILES string of the molecule is Cc1ccccc1C1CCCN1C(=O)NCCCn1nc2n(c1=O)CCCC2. The number of hydrogen-bond acceptors (Lipinski definition) is 3. The van der Waals surface area contributed by atoms with Gasteiger partial charge in [-0.15, -0.1) is 0 Å². The molecule has 0 bridgehead atoms. The molecule has 0 radical (unpaired) electrons. The van der Waals surface area contributed by atoms with E-state index in [0.29, 0.717) is 19.5 Å². The van der Waals surface area contributed by atoms with Gasteiger partial charge < -0.3 is 10.2 Å². The molecule has 1 unspecified atom stereocenters. The lowest BCUT2D eigenvalue weighted by atomic mass is 9.99. The van der Waals surface area contributed by atoms with Gasteiger partial charge in [-0.3, -0.25) is 4.57 Å². The smallest absolute Gasteiger partial charge is 0.338 e. The third-order valence-electron chi connectivity index (χ3n) is 5.92. The molecule has 1 saturated heterocycles. The number of likely N-dealkylation sites (tertiary alicyclic amines) is 1. The predicted molar refractivity (Wildman–Crippen MR) is 107 cm³/mol. The molecule has 1 atom stereocenters. The van der Waals surface area contributed by atoms with Gasteiger partial charge in [0.15, 0.2) is 0 Å². The van der Waals surface area contributed by atoms with Gasteiger partial charge in [0, 0.05) is 32.6 Å². The Morgan fingerprint density at radius 1 is 1.21 bits per heavy atom. The van der Waals surface area contributed by atoms with E-state index in [1.165, 1.54) is 11.1 Å². The molecule has 1 aromatic heterocycles. The van der Waals surface area contributed by atoms with Crippen LogP contribution in [0.25, 0.3) is 0 Å². The van der Waals surface area contributed by atoms with Crippen LogP contribution in [0, 0.1) is 6.92 Å². The number of aryl methyl sites for hydroxylation is 3. The second-order valence-electron chi connectivity index (χ2n) is 7.82. The Labute approximate surface area is 165 Å². The van der Waals surface area contributed by atoms with Crippen molar-refractivity contribution in [2.45, 2.75) is 64.6 Å². The lowest BCUT2D eigenvalue weighted by Gasteiger charge is -2.26. The van der Waals surface area contributed by atoms with Crippen LogP contribution < -0.4 is 11.0 Å². The highest BCUT2D eigenvalue weighted by molar-refractivity contribution is 5.75. The molecule has 2 aromatic rings. The van der Waals surface area contributed by atoms with Gasteiger partial charge in [0.2, 0.25) is 0 Å². The first-order chi connectivity index (χ1) is 13.6. The van der Waals surface area contributed by atoms with Crippen LogP contribution in [0.2, 0.25) is 0 Å². The standard InChI is InChI=1S/C21H29N5O2/c1-16-8-2-3-9-17(16)18-10-6-14-24(18)20(27)22-12-7-15-26-21(28)25-13-5-4-11-19(25)23-26/h2-3,8-9,18H,4-7,10-15H2,1H3,(H,22,27). The highest BCUT2D eigenvalue weighted by atomic mass is 16.2. The van der Waals surface area contributed by atoms with Crippen molar-refractivity contribution in [2.24, 2.45) is 0 Å². The number of aromatic nitrogens is 3. The van der Waals surface area contributed by atoms with Gasteiger partial charge in [0.25, 0.3) is 0 Å². The predicted octanol–water partition coefficient (Wildman–Crippen LogP) is 2.63. The quantitative estimate of drug-likeness (QED) is 0.807. The molecule has 3 heterocycles. The van der Waals surface area contributed by atoms with E-state index >= 15 is 0 Å². The number of amides is 2. The van der Waals surface area contributed by atoms with Crippen LogP contribution in [-0.4, -0.2) is 38.4 Å². The van der Waals surface area contributed by atoms with Crippen molar-refractivity contribution in [3.05, 3.63) is 51.7 Å². The Morgan fingerprint density at radius 3 is 2.89 bits per heavy atom. The summed E-state index contributed by atoms with van der Waals surface area (Å²) in [6, 6.07) is 8.45. The second kappa shape index (κ2) is 8.20. The summed E-state index contributed by atoms with van der Waals surface area (Å²) in [6.07, 6.45) is 5.77. The monoisotopic (exact) mass is 383 g/mol. The topological polar surface area (TPSA) is 72.2 Å². The first-order valence-corrected chi connectivity index (χ1v) is 10.4. The van der Waals surface area contributed by atoms with Crippen LogP contribution in [0.5, 0.6) is 0 Å². The van der Waals surface area contributed by atoms with Crippen molar-refractivity contribution >= 4 is 6.03 Å². The number of carbonyl (C=O) groups is 1. The normalized spacial score (nSPS) is 18.9. The van der Waals surface area contributed by atoms with Crippen molar-refractivity contribution in [3.8, 4) is 0 Å². The van der Waals surface area contributed by atoms with Gasteiger partial charge in [-0.05, 0) is 50.2 Å². The van der Waals surface area contributed by atoms with Gasteiger partial charge in [0.1, 0.15) is 5.82 Å². The molecule has 1 N–H and O–H groups in total. The number of carbonyl (C=O) groups excluding carboxylic acids is 1. The van der Waals surface area contributed by atoms with E-state index in [0.717, 1.165) is 51.0 Å². The molecule has 2 aliphatic heterocycles. The zero-order chi connectivity index (χ0) is 19.5. The molecule has 28 heavy (non-hydrogen) atoms. The zero-order valence-corrected chi connectivity index (χ0v) is 16.6. The molecule has 0 aliphatic carbocycles. The summed E-state index contributed by atoms with van der Waals surface area (Å²) in [4.78, 5) is 27.0. The van der Waals surface area contributed by atoms with Gasteiger partial charge >= 0.3 is 11.7 Å². The molecule has 1 fully saturated rings. The number of hydrogen-bond donors (Lipinski definition) is 1. The average molecular weight is 383 g/mol. The fraction of sp³-hybridized carbons (Fsp3) is 0.571. The number of fused-ring (bicyclic) bond motifs is 1. The van der Waals surface area contributed by atoms with Crippen molar-refractivity contribution in [1.82, 2.24) is 24.6 Å². The van der Waals surface area contributed by atoms with Gasteiger partial charge in [-0.2, -0.15) is 5.10 Å². The third kappa shape index (κ3) is 3.70. The number of nitrogens with one attached hydrogen (secondary N) is 1. The van der Waals surface area contributed by atoms with Crippen LogP contribution in [0.15, 0.2) is 29.1 Å². The van der Waals surface area contributed by atoms with E-state index in [4.69, 9.17) is 0 Å². The summed E-state index contributed by atoms with van der Waals surface area (Å²) in [6.45, 7) is 4.76. The molecule has 2 amide bonds. The molecular weight excluding hydrogens is 354 g/mol. The Morgan fingerprint density at radius 2 is 2.07 bits per heavy atom. The molecular formula is C21H29N5O2. The van der Waals surface area contributed by atoms with E-state index in [1.54, 1.807) is 9.25 Å². The molecule has 7 nitrogen and oxygen atoms in total. The average Bonchev–Trinajstić information content (AvgIpc) is 3.31. The number of urea groups is 1. The molecule has 2 aliphatic rings. The summed E-state index contributed by atoms with van der Waals surface area (Å²) in [5, 5.41) is 7.48. The lowest BCUT2D eigenvalue weighted by molar-refractivity contribution is 0.192. The molecule has 7 heteroatoms. The summed E-state index contributed by atoms with van der Waals surface area (Å²) >= 11 is 0. The Bertz CT molecular complexity index is 900. The van der Waals surface area contributed by atoms with Gasteiger partial charge in [0.05, 0.1) is 6.04 Å². The Hall–Kier alpha value is -2.57. The molecule has 1 aromatic carbocycles. The maximum atomic E-state index is 12.7. The summed E-state index contributed by atoms with van der Waals surface area (Å²) in [5.41, 5.74) is 2.46. The minimum absolute atomic E-state index is 0.0118. The largest absolute Gasteiger partial charge is 0.345 e. The van der Waals surface area contributed by atoms with E-state index in [-0.39, 0.29) is 17.8 Å². The van der Waals surface area contributed by atoms with Crippen molar-refractivity contribution in [3.63, 3.8) is 0 Å². The molecule has 0 spiro atoms. The summed E-state index contributed by atoms with van der Waals surface area (Å²) in [7, 11) is 0. The minimum Gasteiger partial charge on any atom is -0.338 e. The minimum atomic E-state index is -0.0137. The number of nitrogens with zero attached hydrogens (tertiary/aromatic N) is 4. The number of benzene rings is 1. The molecule has 150 valence electrons. The van der Waals surface area contributed by atoms with Gasteiger partial charge in [-0.25, -0.2) is 14.3 Å². The van der Waals surface area contributed by atoms with Crippen LogP contribution in [0.4, 0.5) is 4.79 Å². The highest BCUT2D eigenvalue weighted by Gasteiger charge is 2.30. The van der Waals surface area contributed by atoms with E-state index in [2.05, 4.69) is 29.5 Å². The fourth-order valence-corrected chi connectivity index (χ4v) is 4.41. The molecule has 4 rings (SSSR count). The first-order valence-electron chi connectivity index (χ1n) is 10.4. The Kier molecular flexibility index (Phi) is 5.50. The van der Waals surface area contributed by atoms with Crippen LogP contribution in [-0.2, 0) is 19.5 Å². The molecule has 0 saturated carbocycles. The Balaban J connectivity index is 1.30. The maximum absolute atomic E-state index is 12.7. The van der Waals surface area contributed by atoms with Crippen molar-refractivity contribution < 1.29 is 4.79 Å².